The molecule has 14 heavy (non-hydrogen) atoms. The second-order valence-electron chi connectivity index (χ2n) is 4.73. The van der Waals surface area contributed by atoms with Crippen molar-refractivity contribution in [3.05, 3.63) is 0 Å². The standard InChI is InChI=1S/C11H20BrNO/c1-9(12)8-13(3)10(14)11(2)6-4-5-7-11/h9H,4-8H2,1-3H3. The van der Waals surface area contributed by atoms with Gasteiger partial charge in [0, 0.05) is 23.8 Å². The Labute approximate surface area is 95.2 Å². The maximum atomic E-state index is 12.1. The van der Waals surface area contributed by atoms with Crippen LogP contribution in [0.2, 0.25) is 0 Å². The van der Waals surface area contributed by atoms with E-state index in [1.165, 1.54) is 12.8 Å². The van der Waals surface area contributed by atoms with Gasteiger partial charge in [0.05, 0.1) is 0 Å². The fourth-order valence-corrected chi connectivity index (χ4v) is 2.72. The maximum Gasteiger partial charge on any atom is 0.228 e. The quantitative estimate of drug-likeness (QED) is 0.716. The van der Waals surface area contributed by atoms with Crippen molar-refractivity contribution in [2.75, 3.05) is 13.6 Å². The molecule has 1 aliphatic carbocycles. The Bertz CT molecular complexity index is 209. The lowest BCUT2D eigenvalue weighted by atomic mass is 9.87. The lowest BCUT2D eigenvalue weighted by molar-refractivity contribution is -0.139. The Morgan fingerprint density at radius 2 is 2.00 bits per heavy atom. The third-order valence-electron chi connectivity index (χ3n) is 3.10. The summed E-state index contributed by atoms with van der Waals surface area (Å²) < 4.78 is 0. The highest BCUT2D eigenvalue weighted by atomic mass is 79.9. The van der Waals surface area contributed by atoms with Crippen molar-refractivity contribution in [1.82, 2.24) is 4.90 Å². The first-order chi connectivity index (χ1) is 6.46. The molecule has 0 aromatic heterocycles. The van der Waals surface area contributed by atoms with E-state index < -0.39 is 0 Å². The number of hydrogen-bond donors (Lipinski definition) is 0. The van der Waals surface area contributed by atoms with Gasteiger partial charge in [-0.25, -0.2) is 0 Å². The van der Waals surface area contributed by atoms with Crippen LogP contribution in [0.5, 0.6) is 0 Å². The van der Waals surface area contributed by atoms with E-state index in [0.717, 1.165) is 19.4 Å². The van der Waals surface area contributed by atoms with Gasteiger partial charge in [0.2, 0.25) is 5.91 Å². The van der Waals surface area contributed by atoms with Crippen molar-refractivity contribution in [3.63, 3.8) is 0 Å². The predicted molar refractivity (Wildman–Crippen MR) is 62.6 cm³/mol. The molecule has 1 rings (SSSR count). The van der Waals surface area contributed by atoms with E-state index in [1.54, 1.807) is 0 Å². The van der Waals surface area contributed by atoms with Crippen molar-refractivity contribution in [2.24, 2.45) is 5.41 Å². The molecule has 0 aliphatic heterocycles. The maximum absolute atomic E-state index is 12.1. The van der Waals surface area contributed by atoms with Crippen LogP contribution in [0.25, 0.3) is 0 Å². The summed E-state index contributed by atoms with van der Waals surface area (Å²) in [5, 5.41) is 0. The number of halogens is 1. The summed E-state index contributed by atoms with van der Waals surface area (Å²) in [4.78, 5) is 14.3. The van der Waals surface area contributed by atoms with Gasteiger partial charge >= 0.3 is 0 Å². The van der Waals surface area contributed by atoms with Crippen LogP contribution in [0.15, 0.2) is 0 Å². The molecule has 1 unspecified atom stereocenters. The van der Waals surface area contributed by atoms with Crippen LogP contribution in [0.4, 0.5) is 0 Å². The van der Waals surface area contributed by atoms with Gasteiger partial charge in [-0.2, -0.15) is 0 Å². The average Bonchev–Trinajstić information content (AvgIpc) is 2.51. The Hall–Kier alpha value is -0.0500. The van der Waals surface area contributed by atoms with Crippen LogP contribution in [0.3, 0.4) is 0 Å². The fraction of sp³-hybridized carbons (Fsp3) is 0.909. The van der Waals surface area contributed by atoms with E-state index in [1.807, 2.05) is 11.9 Å². The Morgan fingerprint density at radius 1 is 1.50 bits per heavy atom. The van der Waals surface area contributed by atoms with Crippen LogP contribution in [-0.2, 0) is 4.79 Å². The number of hydrogen-bond acceptors (Lipinski definition) is 1. The fourth-order valence-electron chi connectivity index (χ4n) is 2.29. The molecule has 1 fully saturated rings. The Balaban J connectivity index is 2.55. The third kappa shape index (κ3) is 2.72. The zero-order valence-corrected chi connectivity index (χ0v) is 10.9. The van der Waals surface area contributed by atoms with Gasteiger partial charge < -0.3 is 4.90 Å². The summed E-state index contributed by atoms with van der Waals surface area (Å²) in [6.07, 6.45) is 4.54. The topological polar surface area (TPSA) is 20.3 Å². The summed E-state index contributed by atoms with van der Waals surface area (Å²) in [6, 6.07) is 0. The van der Waals surface area contributed by atoms with Crippen molar-refractivity contribution < 1.29 is 4.79 Å². The van der Waals surface area contributed by atoms with Gasteiger partial charge in [0.15, 0.2) is 0 Å². The molecular weight excluding hydrogens is 242 g/mol. The second kappa shape index (κ2) is 4.65. The molecule has 82 valence electrons. The van der Waals surface area contributed by atoms with Gasteiger partial charge in [-0.05, 0) is 12.8 Å². The Kier molecular flexibility index (Phi) is 3.99. The zero-order chi connectivity index (χ0) is 10.8. The molecule has 2 nitrogen and oxygen atoms in total. The molecule has 1 aliphatic rings. The summed E-state index contributed by atoms with van der Waals surface area (Å²) in [5.41, 5.74) is -0.0728. The highest BCUT2D eigenvalue weighted by molar-refractivity contribution is 9.09. The Morgan fingerprint density at radius 3 is 2.43 bits per heavy atom. The van der Waals surface area contributed by atoms with Crippen LogP contribution in [0, 0.1) is 5.41 Å². The summed E-state index contributed by atoms with van der Waals surface area (Å²) in [5.74, 6) is 0.321. The van der Waals surface area contributed by atoms with E-state index in [4.69, 9.17) is 0 Å². The third-order valence-corrected chi connectivity index (χ3v) is 3.39. The molecule has 0 bridgehead atoms. The molecule has 0 N–H and O–H groups in total. The van der Waals surface area contributed by atoms with Crippen LogP contribution in [0.1, 0.15) is 39.5 Å². The molecule has 0 aromatic rings. The highest BCUT2D eigenvalue weighted by Crippen LogP contribution is 2.38. The SMILES string of the molecule is CC(Br)CN(C)C(=O)C1(C)CCCC1. The first kappa shape index (κ1) is 12.0. The van der Waals surface area contributed by atoms with Crippen LogP contribution >= 0.6 is 15.9 Å². The number of rotatable bonds is 3. The molecule has 1 atom stereocenters. The molecule has 3 heteroatoms. The average molecular weight is 262 g/mol. The van der Waals surface area contributed by atoms with Gasteiger partial charge in [-0.1, -0.05) is 42.6 Å². The molecule has 0 spiro atoms. The predicted octanol–water partition coefficient (Wildman–Crippen LogP) is 2.81. The molecule has 0 aromatic carbocycles. The molecule has 1 amide bonds. The number of amides is 1. The van der Waals surface area contributed by atoms with Gasteiger partial charge in [-0.15, -0.1) is 0 Å². The van der Waals surface area contributed by atoms with E-state index in [0.29, 0.717) is 10.7 Å². The summed E-state index contributed by atoms with van der Waals surface area (Å²) in [7, 11) is 1.91. The van der Waals surface area contributed by atoms with Crippen LogP contribution < -0.4 is 0 Å². The van der Waals surface area contributed by atoms with Crippen LogP contribution in [-0.4, -0.2) is 29.2 Å². The smallest absolute Gasteiger partial charge is 0.228 e. The van der Waals surface area contributed by atoms with Gasteiger partial charge in [-0.3, -0.25) is 4.79 Å². The highest BCUT2D eigenvalue weighted by Gasteiger charge is 2.38. The second-order valence-corrected chi connectivity index (χ2v) is 6.30. The number of carbonyl (C=O) groups excluding carboxylic acids is 1. The van der Waals surface area contributed by atoms with E-state index in [9.17, 15) is 4.79 Å². The molecule has 0 radical (unpaired) electrons. The lowest BCUT2D eigenvalue weighted by Gasteiger charge is -2.29. The molecule has 0 saturated heterocycles. The largest absolute Gasteiger partial charge is 0.344 e. The zero-order valence-electron chi connectivity index (χ0n) is 9.35. The van der Waals surface area contributed by atoms with Crippen molar-refractivity contribution in [2.45, 2.75) is 44.4 Å². The number of carbonyl (C=O) groups is 1. The van der Waals surface area contributed by atoms with E-state index in [2.05, 4.69) is 29.8 Å². The number of nitrogens with zero attached hydrogens (tertiary/aromatic N) is 1. The van der Waals surface area contributed by atoms with Gasteiger partial charge in [0.25, 0.3) is 0 Å². The lowest BCUT2D eigenvalue weighted by Crippen LogP contribution is -2.40. The summed E-state index contributed by atoms with van der Waals surface area (Å²) in [6.45, 7) is 4.98. The van der Waals surface area contributed by atoms with E-state index >= 15 is 0 Å². The van der Waals surface area contributed by atoms with Crippen molar-refractivity contribution in [3.8, 4) is 0 Å². The minimum atomic E-state index is -0.0728. The molecule has 0 heterocycles. The minimum absolute atomic E-state index is 0.0728. The first-order valence-corrected chi connectivity index (χ1v) is 6.27. The van der Waals surface area contributed by atoms with Crippen molar-refractivity contribution in [1.29, 1.82) is 0 Å². The monoisotopic (exact) mass is 261 g/mol. The van der Waals surface area contributed by atoms with E-state index in [-0.39, 0.29) is 5.41 Å². The normalized spacial score (nSPS) is 22.0. The number of alkyl halides is 1. The van der Waals surface area contributed by atoms with Gasteiger partial charge in [0.1, 0.15) is 0 Å². The molecular formula is C11H20BrNO. The first-order valence-electron chi connectivity index (χ1n) is 5.35. The summed E-state index contributed by atoms with van der Waals surface area (Å²) >= 11 is 3.48. The van der Waals surface area contributed by atoms with Crippen molar-refractivity contribution >= 4 is 21.8 Å². The minimum Gasteiger partial charge on any atom is -0.344 e. The molecule has 1 saturated carbocycles.